The lowest BCUT2D eigenvalue weighted by molar-refractivity contribution is 0.226. The largest absolute Gasteiger partial charge is 0.316 e. The van der Waals surface area contributed by atoms with Crippen LogP contribution in [0.2, 0.25) is 0 Å². The number of hydrogen-bond acceptors (Lipinski definition) is 2. The molecule has 0 saturated heterocycles. The number of nitrogens with one attached hydrogen (secondary N) is 1. The summed E-state index contributed by atoms with van der Waals surface area (Å²) in [4.78, 5) is 1.67. The van der Waals surface area contributed by atoms with Crippen LogP contribution in [-0.2, 0) is 0 Å². The Morgan fingerprint density at radius 1 is 1.35 bits per heavy atom. The van der Waals surface area contributed by atoms with Gasteiger partial charge >= 0.3 is 0 Å². The molecule has 3 unspecified atom stereocenters. The highest BCUT2D eigenvalue weighted by Gasteiger charge is 2.32. The Balaban J connectivity index is 2.02. The van der Waals surface area contributed by atoms with E-state index in [2.05, 4.69) is 44.5 Å². The van der Waals surface area contributed by atoms with Crippen molar-refractivity contribution in [3.8, 4) is 0 Å². The molecule has 0 bridgehead atoms. The minimum atomic E-state index is 0.754. The molecule has 1 aliphatic rings. The first-order valence-corrected chi connectivity index (χ1v) is 9.24. The van der Waals surface area contributed by atoms with Gasteiger partial charge in [-0.2, -0.15) is 0 Å². The van der Waals surface area contributed by atoms with E-state index in [4.69, 9.17) is 0 Å². The van der Waals surface area contributed by atoms with Crippen molar-refractivity contribution in [3.05, 3.63) is 21.9 Å². The number of thiophene rings is 1. The minimum Gasteiger partial charge on any atom is -0.316 e. The predicted molar refractivity (Wildman–Crippen MR) is 90.6 cm³/mol. The van der Waals surface area contributed by atoms with E-state index < -0.39 is 0 Å². The van der Waals surface area contributed by atoms with Gasteiger partial charge in [-0.3, -0.25) is 0 Å². The van der Waals surface area contributed by atoms with E-state index >= 15 is 0 Å². The average molecular weight is 294 g/mol. The molecule has 1 N–H and O–H groups in total. The zero-order valence-electron chi connectivity index (χ0n) is 13.6. The summed E-state index contributed by atoms with van der Waals surface area (Å²) in [6, 6.07) is 2.30. The topological polar surface area (TPSA) is 12.0 Å². The molecule has 2 rings (SSSR count). The van der Waals surface area contributed by atoms with Crippen molar-refractivity contribution < 1.29 is 0 Å². The molecule has 1 fully saturated rings. The minimum absolute atomic E-state index is 0.754. The van der Waals surface area contributed by atoms with Gasteiger partial charge in [0.15, 0.2) is 0 Å². The van der Waals surface area contributed by atoms with Crippen LogP contribution in [-0.4, -0.2) is 13.1 Å². The molecule has 1 aromatic heterocycles. The second-order valence-electron chi connectivity index (χ2n) is 6.97. The molecule has 3 atom stereocenters. The smallest absolute Gasteiger partial charge is 0.0109 e. The first-order valence-electron chi connectivity index (χ1n) is 8.36. The van der Waals surface area contributed by atoms with Crippen LogP contribution >= 0.6 is 11.3 Å². The van der Waals surface area contributed by atoms with Crippen molar-refractivity contribution in [2.45, 2.75) is 59.3 Å². The highest BCUT2D eigenvalue weighted by molar-refractivity contribution is 7.10. The van der Waals surface area contributed by atoms with Crippen molar-refractivity contribution in [2.75, 3.05) is 13.1 Å². The van der Waals surface area contributed by atoms with Crippen molar-refractivity contribution >= 4 is 11.3 Å². The second-order valence-corrected chi connectivity index (χ2v) is 7.92. The van der Waals surface area contributed by atoms with E-state index in [0.29, 0.717) is 0 Å². The van der Waals surface area contributed by atoms with E-state index in [1.165, 1.54) is 37.8 Å². The molecule has 1 saturated carbocycles. The molecular formula is C18H31NS. The molecule has 0 spiro atoms. The summed E-state index contributed by atoms with van der Waals surface area (Å²) in [6.45, 7) is 11.6. The fourth-order valence-electron chi connectivity index (χ4n) is 3.58. The Hall–Kier alpha value is -0.340. The van der Waals surface area contributed by atoms with Crippen molar-refractivity contribution in [2.24, 2.45) is 17.8 Å². The van der Waals surface area contributed by atoms with Gasteiger partial charge in [0, 0.05) is 4.88 Å². The van der Waals surface area contributed by atoms with E-state index in [1.807, 2.05) is 11.3 Å². The Bertz CT molecular complexity index is 396. The number of aryl methyl sites for hydroxylation is 1. The molecule has 20 heavy (non-hydrogen) atoms. The maximum atomic E-state index is 3.70. The van der Waals surface area contributed by atoms with E-state index in [1.54, 1.807) is 4.88 Å². The number of rotatable bonds is 6. The molecule has 1 nitrogen and oxygen atoms in total. The van der Waals surface area contributed by atoms with E-state index in [9.17, 15) is 0 Å². The molecule has 2 heteroatoms. The molecule has 0 amide bonds. The monoisotopic (exact) mass is 293 g/mol. The lowest BCUT2D eigenvalue weighted by Gasteiger charge is -2.36. The molecule has 1 aliphatic carbocycles. The molecule has 0 aliphatic heterocycles. The fourth-order valence-corrected chi connectivity index (χ4v) is 4.71. The Morgan fingerprint density at radius 3 is 2.75 bits per heavy atom. The standard InChI is InChI=1S/C18H31NS/c1-5-15-6-7-16(12-19-11-13(2)3)17(10-15)18-14(4)8-9-20-18/h8-9,13,15-17,19H,5-7,10-12H2,1-4H3. The Kier molecular flexibility index (Phi) is 6.10. The molecule has 1 aromatic rings. The van der Waals surface area contributed by atoms with Crippen molar-refractivity contribution in [3.63, 3.8) is 0 Å². The van der Waals surface area contributed by atoms with Crippen molar-refractivity contribution in [1.82, 2.24) is 5.32 Å². The maximum Gasteiger partial charge on any atom is 0.0109 e. The van der Waals surface area contributed by atoms with Crippen molar-refractivity contribution in [1.29, 1.82) is 0 Å². The highest BCUT2D eigenvalue weighted by atomic mass is 32.1. The van der Waals surface area contributed by atoms with Gasteiger partial charge in [0.25, 0.3) is 0 Å². The summed E-state index contributed by atoms with van der Waals surface area (Å²) in [6.07, 6.45) is 5.61. The highest BCUT2D eigenvalue weighted by Crippen LogP contribution is 2.44. The quantitative estimate of drug-likeness (QED) is 0.759. The van der Waals surface area contributed by atoms with Gasteiger partial charge in [0.2, 0.25) is 0 Å². The summed E-state index contributed by atoms with van der Waals surface area (Å²) in [5.41, 5.74) is 1.52. The van der Waals surface area contributed by atoms with Crippen LogP contribution in [0.5, 0.6) is 0 Å². The van der Waals surface area contributed by atoms with Crippen LogP contribution in [0.4, 0.5) is 0 Å². The first kappa shape index (κ1) is 16.0. The van der Waals surface area contributed by atoms with Gasteiger partial charge in [0.05, 0.1) is 0 Å². The normalized spacial score (nSPS) is 27.1. The van der Waals surface area contributed by atoms with E-state index in [0.717, 1.165) is 30.2 Å². The third kappa shape index (κ3) is 4.08. The van der Waals surface area contributed by atoms with Gasteiger partial charge in [-0.25, -0.2) is 0 Å². The maximum absolute atomic E-state index is 3.70. The van der Waals surface area contributed by atoms with Crippen LogP contribution in [0.25, 0.3) is 0 Å². The third-order valence-corrected chi connectivity index (χ3v) is 6.03. The van der Waals surface area contributed by atoms with Gasteiger partial charge in [-0.15, -0.1) is 11.3 Å². The van der Waals surface area contributed by atoms with E-state index in [-0.39, 0.29) is 0 Å². The lowest BCUT2D eigenvalue weighted by Crippen LogP contribution is -2.33. The first-order chi connectivity index (χ1) is 9.61. The van der Waals surface area contributed by atoms with Gasteiger partial charge in [0.1, 0.15) is 0 Å². The summed E-state index contributed by atoms with van der Waals surface area (Å²) in [5, 5.41) is 5.98. The molecule has 1 heterocycles. The molecule has 0 aromatic carbocycles. The summed E-state index contributed by atoms with van der Waals surface area (Å²) >= 11 is 1.98. The van der Waals surface area contributed by atoms with Gasteiger partial charge < -0.3 is 5.32 Å². The summed E-state index contributed by atoms with van der Waals surface area (Å²) in [7, 11) is 0. The molecule has 114 valence electrons. The van der Waals surface area contributed by atoms with Crippen LogP contribution in [0, 0.1) is 24.7 Å². The summed E-state index contributed by atoms with van der Waals surface area (Å²) < 4.78 is 0. The summed E-state index contributed by atoms with van der Waals surface area (Å²) in [5.74, 6) is 3.34. The predicted octanol–water partition coefficient (Wildman–Crippen LogP) is 5.21. The van der Waals surface area contributed by atoms with Gasteiger partial charge in [-0.1, -0.05) is 33.6 Å². The van der Waals surface area contributed by atoms with Crippen LogP contribution in [0.15, 0.2) is 11.4 Å². The zero-order valence-corrected chi connectivity index (χ0v) is 14.4. The van der Waals surface area contributed by atoms with Crippen LogP contribution < -0.4 is 5.32 Å². The Labute approximate surface area is 129 Å². The SMILES string of the molecule is CCC1CCC(CNCC(C)C)C(c2sccc2C)C1. The fraction of sp³-hybridized carbons (Fsp3) is 0.778. The molecule has 0 radical (unpaired) electrons. The van der Waals surface area contributed by atoms with Gasteiger partial charge in [-0.05, 0) is 73.5 Å². The van der Waals surface area contributed by atoms with Crippen LogP contribution in [0.1, 0.15) is 62.8 Å². The average Bonchev–Trinajstić information content (AvgIpc) is 2.85. The number of hydrogen-bond donors (Lipinski definition) is 1. The second kappa shape index (κ2) is 7.61. The molecular weight excluding hydrogens is 262 g/mol. The lowest BCUT2D eigenvalue weighted by atomic mass is 9.72. The third-order valence-electron chi connectivity index (χ3n) is 4.88. The van der Waals surface area contributed by atoms with Crippen LogP contribution in [0.3, 0.4) is 0 Å². The zero-order chi connectivity index (χ0) is 14.5. The Morgan fingerprint density at radius 2 is 2.15 bits per heavy atom.